The van der Waals surface area contributed by atoms with Gasteiger partial charge in [0.05, 0.1) is 0 Å². The average molecular weight is 340 g/mol. The van der Waals surface area contributed by atoms with Crippen molar-refractivity contribution >= 4 is 17.7 Å². The van der Waals surface area contributed by atoms with E-state index in [1.165, 1.54) is 0 Å². The summed E-state index contributed by atoms with van der Waals surface area (Å²) in [6.45, 7) is 7.20. The van der Waals surface area contributed by atoms with Crippen molar-refractivity contribution in [3.05, 3.63) is 35.5 Å². The van der Waals surface area contributed by atoms with Crippen LogP contribution >= 0.6 is 0 Å². The van der Waals surface area contributed by atoms with Crippen LogP contribution in [0.4, 0.5) is 11.8 Å². The van der Waals surface area contributed by atoms with Crippen molar-refractivity contribution < 1.29 is 4.79 Å². The average Bonchev–Trinajstić information content (AvgIpc) is 2.54. The Labute approximate surface area is 147 Å². The molecule has 3 heterocycles. The third kappa shape index (κ3) is 4.71. The molecule has 1 aliphatic rings. The predicted molar refractivity (Wildman–Crippen MR) is 95.5 cm³/mol. The highest BCUT2D eigenvalue weighted by Gasteiger charge is 2.21. The summed E-state index contributed by atoms with van der Waals surface area (Å²) in [5.74, 6) is 1.98. The van der Waals surface area contributed by atoms with Crippen molar-refractivity contribution in [2.45, 2.75) is 40.0 Å². The van der Waals surface area contributed by atoms with Gasteiger partial charge >= 0.3 is 0 Å². The molecule has 132 valence electrons. The van der Waals surface area contributed by atoms with E-state index in [-0.39, 0.29) is 5.91 Å². The second-order valence-electron chi connectivity index (χ2n) is 6.65. The Kier molecular flexibility index (Phi) is 5.21. The lowest BCUT2D eigenvalue weighted by molar-refractivity contribution is -0.130. The van der Waals surface area contributed by atoms with E-state index in [0.29, 0.717) is 17.7 Å². The summed E-state index contributed by atoms with van der Waals surface area (Å²) in [6.07, 6.45) is 4.51. The Morgan fingerprint density at radius 1 is 1.16 bits per heavy atom. The molecule has 1 amide bonds. The number of aromatic nitrogens is 4. The van der Waals surface area contributed by atoms with Gasteiger partial charge in [-0.05, 0) is 45.1 Å². The molecule has 0 unspecified atom stereocenters. The van der Waals surface area contributed by atoms with Crippen LogP contribution in [0.25, 0.3) is 0 Å². The lowest BCUT2D eigenvalue weighted by Gasteiger charge is -2.31. The third-order valence-corrected chi connectivity index (χ3v) is 4.50. The van der Waals surface area contributed by atoms with Gasteiger partial charge in [-0.15, -0.1) is 0 Å². The number of hydrogen-bond donors (Lipinski definition) is 1. The predicted octanol–water partition coefficient (Wildman–Crippen LogP) is 2.43. The number of likely N-dealkylation sites (tertiary alicyclic amines) is 1. The first-order valence-electron chi connectivity index (χ1n) is 8.65. The number of rotatable bonds is 4. The Balaban J connectivity index is 1.63. The van der Waals surface area contributed by atoms with Crippen LogP contribution in [0.5, 0.6) is 0 Å². The molecule has 0 bridgehead atoms. The second-order valence-corrected chi connectivity index (χ2v) is 6.65. The molecule has 0 atom stereocenters. The van der Waals surface area contributed by atoms with E-state index < -0.39 is 0 Å². The molecule has 0 saturated carbocycles. The van der Waals surface area contributed by atoms with E-state index in [1.54, 1.807) is 13.3 Å². The standard InChI is InChI=1S/C18H24N6O/c1-12-8-13(2)22-18(21-12)23-17-10-16(19-11-20-17)9-15-4-6-24(7-5-15)14(3)25/h8,10-11,15H,4-7,9H2,1-3H3,(H,19,20,21,22,23). The first-order chi connectivity index (χ1) is 12.0. The van der Waals surface area contributed by atoms with Gasteiger partial charge in [-0.2, -0.15) is 0 Å². The van der Waals surface area contributed by atoms with Crippen LogP contribution in [0.1, 0.15) is 36.8 Å². The number of carbonyl (C=O) groups excluding carboxylic acids is 1. The number of anilines is 2. The summed E-state index contributed by atoms with van der Waals surface area (Å²) in [5.41, 5.74) is 2.84. The highest BCUT2D eigenvalue weighted by atomic mass is 16.2. The number of nitrogens with zero attached hydrogens (tertiary/aromatic N) is 5. The molecule has 3 rings (SSSR count). The minimum Gasteiger partial charge on any atom is -0.343 e. The van der Waals surface area contributed by atoms with Crippen molar-refractivity contribution in [1.29, 1.82) is 0 Å². The minimum atomic E-state index is 0.167. The lowest BCUT2D eigenvalue weighted by atomic mass is 9.92. The summed E-state index contributed by atoms with van der Waals surface area (Å²) >= 11 is 0. The smallest absolute Gasteiger partial charge is 0.228 e. The first-order valence-corrected chi connectivity index (χ1v) is 8.65. The van der Waals surface area contributed by atoms with Gasteiger partial charge in [-0.1, -0.05) is 0 Å². The largest absolute Gasteiger partial charge is 0.343 e. The number of amides is 1. The Morgan fingerprint density at radius 3 is 2.48 bits per heavy atom. The summed E-state index contributed by atoms with van der Waals surface area (Å²) < 4.78 is 0. The van der Waals surface area contributed by atoms with Crippen molar-refractivity contribution in [3.8, 4) is 0 Å². The van der Waals surface area contributed by atoms with Crippen LogP contribution in [0.3, 0.4) is 0 Å². The third-order valence-electron chi connectivity index (χ3n) is 4.50. The topological polar surface area (TPSA) is 83.9 Å². The molecule has 1 N–H and O–H groups in total. The van der Waals surface area contributed by atoms with Crippen LogP contribution in [0, 0.1) is 19.8 Å². The molecule has 2 aromatic rings. The lowest BCUT2D eigenvalue weighted by Crippen LogP contribution is -2.37. The van der Waals surface area contributed by atoms with E-state index in [0.717, 1.165) is 49.4 Å². The van der Waals surface area contributed by atoms with E-state index in [2.05, 4.69) is 25.3 Å². The Morgan fingerprint density at radius 2 is 1.84 bits per heavy atom. The number of piperidine rings is 1. The summed E-state index contributed by atoms with van der Waals surface area (Å²) in [7, 11) is 0. The van der Waals surface area contributed by atoms with Gasteiger partial charge in [0, 0.05) is 43.2 Å². The minimum absolute atomic E-state index is 0.167. The summed E-state index contributed by atoms with van der Waals surface area (Å²) in [4.78, 5) is 30.8. The van der Waals surface area contributed by atoms with Crippen LogP contribution < -0.4 is 5.32 Å². The maximum Gasteiger partial charge on any atom is 0.228 e. The van der Waals surface area contributed by atoms with Gasteiger partial charge in [0.15, 0.2) is 0 Å². The highest BCUT2D eigenvalue weighted by molar-refractivity contribution is 5.73. The van der Waals surface area contributed by atoms with Crippen LogP contribution in [-0.4, -0.2) is 43.8 Å². The molecule has 1 fully saturated rings. The Hall–Kier alpha value is -2.57. The normalized spacial score (nSPS) is 15.2. The molecule has 0 radical (unpaired) electrons. The highest BCUT2D eigenvalue weighted by Crippen LogP contribution is 2.22. The maximum atomic E-state index is 11.4. The van der Waals surface area contributed by atoms with E-state index in [1.807, 2.05) is 30.9 Å². The van der Waals surface area contributed by atoms with Gasteiger partial charge in [-0.25, -0.2) is 19.9 Å². The van der Waals surface area contributed by atoms with Gasteiger partial charge in [0.2, 0.25) is 11.9 Å². The van der Waals surface area contributed by atoms with E-state index in [9.17, 15) is 4.79 Å². The number of nitrogens with one attached hydrogen (secondary N) is 1. The molecule has 25 heavy (non-hydrogen) atoms. The summed E-state index contributed by atoms with van der Waals surface area (Å²) in [5, 5.41) is 3.16. The molecule has 1 saturated heterocycles. The number of hydrogen-bond acceptors (Lipinski definition) is 6. The quantitative estimate of drug-likeness (QED) is 0.920. The number of carbonyl (C=O) groups is 1. The zero-order chi connectivity index (χ0) is 17.8. The van der Waals surface area contributed by atoms with Crippen molar-refractivity contribution in [2.75, 3.05) is 18.4 Å². The molecule has 2 aromatic heterocycles. The molecule has 1 aliphatic heterocycles. The Bertz CT molecular complexity index is 735. The SMILES string of the molecule is CC(=O)N1CCC(Cc2cc(Nc3nc(C)cc(C)n3)ncn2)CC1. The molecule has 7 heteroatoms. The van der Waals surface area contributed by atoms with Crippen molar-refractivity contribution in [2.24, 2.45) is 5.92 Å². The van der Waals surface area contributed by atoms with Gasteiger partial charge < -0.3 is 10.2 Å². The van der Waals surface area contributed by atoms with Crippen LogP contribution in [-0.2, 0) is 11.2 Å². The van der Waals surface area contributed by atoms with Crippen LogP contribution in [0.2, 0.25) is 0 Å². The zero-order valence-electron chi connectivity index (χ0n) is 15.0. The molecular weight excluding hydrogens is 316 g/mol. The molecule has 7 nitrogen and oxygen atoms in total. The monoisotopic (exact) mass is 340 g/mol. The van der Waals surface area contributed by atoms with E-state index >= 15 is 0 Å². The fraction of sp³-hybridized carbons (Fsp3) is 0.500. The summed E-state index contributed by atoms with van der Waals surface area (Å²) in [6, 6.07) is 3.89. The molecular formula is C18H24N6O. The van der Waals surface area contributed by atoms with Crippen molar-refractivity contribution in [3.63, 3.8) is 0 Å². The first kappa shape index (κ1) is 17.3. The fourth-order valence-corrected chi connectivity index (χ4v) is 3.22. The van der Waals surface area contributed by atoms with Crippen LogP contribution in [0.15, 0.2) is 18.5 Å². The van der Waals surface area contributed by atoms with Gasteiger partial charge in [0.1, 0.15) is 12.1 Å². The van der Waals surface area contributed by atoms with E-state index in [4.69, 9.17) is 0 Å². The number of aryl methyl sites for hydroxylation is 2. The zero-order valence-corrected chi connectivity index (χ0v) is 15.0. The fourth-order valence-electron chi connectivity index (χ4n) is 3.22. The molecule has 0 aliphatic carbocycles. The maximum absolute atomic E-state index is 11.4. The van der Waals surface area contributed by atoms with Crippen molar-refractivity contribution in [1.82, 2.24) is 24.8 Å². The van der Waals surface area contributed by atoms with Gasteiger partial charge in [-0.3, -0.25) is 4.79 Å². The van der Waals surface area contributed by atoms with Gasteiger partial charge in [0.25, 0.3) is 0 Å². The second kappa shape index (κ2) is 7.55. The molecule has 0 aromatic carbocycles. The molecule has 0 spiro atoms.